The van der Waals surface area contributed by atoms with E-state index in [2.05, 4.69) is 15.9 Å². The molecule has 0 radical (unpaired) electrons. The molecule has 0 saturated carbocycles. The van der Waals surface area contributed by atoms with E-state index in [0.29, 0.717) is 6.54 Å². The van der Waals surface area contributed by atoms with E-state index in [1.165, 1.54) is 0 Å². The highest BCUT2D eigenvalue weighted by Gasteiger charge is 2.12. The molecule has 0 saturated heterocycles. The van der Waals surface area contributed by atoms with Crippen molar-refractivity contribution in [2.45, 2.75) is 19.9 Å². The Kier molecular flexibility index (Phi) is 4.84. The molecule has 0 atom stereocenters. The van der Waals surface area contributed by atoms with Gasteiger partial charge in [-0.25, -0.2) is 0 Å². The van der Waals surface area contributed by atoms with Crippen molar-refractivity contribution in [3.8, 4) is 0 Å². The van der Waals surface area contributed by atoms with E-state index < -0.39 is 5.97 Å². The standard InChI is InChI=1S/C10H14BrNO3/c1-2-4-12(7-10(13)14)6-9-8(11)3-5-15-9/h3,5H,2,4,6-7H2,1H3,(H,13,14). The van der Waals surface area contributed by atoms with Crippen molar-refractivity contribution in [2.75, 3.05) is 13.1 Å². The van der Waals surface area contributed by atoms with Crippen LogP contribution in [0.25, 0.3) is 0 Å². The van der Waals surface area contributed by atoms with E-state index in [1.54, 1.807) is 12.3 Å². The Morgan fingerprint density at radius 2 is 2.40 bits per heavy atom. The number of rotatable bonds is 6. The second-order valence-corrected chi connectivity index (χ2v) is 4.15. The molecular formula is C10H14BrNO3. The Bertz CT molecular complexity index is 324. The lowest BCUT2D eigenvalue weighted by Gasteiger charge is -2.17. The molecule has 15 heavy (non-hydrogen) atoms. The first kappa shape index (κ1) is 12.3. The topological polar surface area (TPSA) is 53.7 Å². The van der Waals surface area contributed by atoms with Gasteiger partial charge in [-0.15, -0.1) is 0 Å². The molecule has 0 unspecified atom stereocenters. The van der Waals surface area contributed by atoms with Crippen LogP contribution in [0.3, 0.4) is 0 Å². The molecular weight excluding hydrogens is 262 g/mol. The Hall–Kier alpha value is -0.810. The van der Waals surface area contributed by atoms with Gasteiger partial charge in [0, 0.05) is 0 Å². The summed E-state index contributed by atoms with van der Waals surface area (Å²) in [5, 5.41) is 8.72. The number of hydrogen-bond acceptors (Lipinski definition) is 3. The lowest BCUT2D eigenvalue weighted by Crippen LogP contribution is -2.30. The number of nitrogens with zero attached hydrogens (tertiary/aromatic N) is 1. The third kappa shape index (κ3) is 4.05. The summed E-state index contributed by atoms with van der Waals surface area (Å²) in [7, 11) is 0. The molecule has 0 aromatic carbocycles. The third-order valence-corrected chi connectivity index (χ3v) is 2.66. The Morgan fingerprint density at radius 3 is 2.87 bits per heavy atom. The zero-order valence-corrected chi connectivity index (χ0v) is 10.2. The molecule has 1 N–H and O–H groups in total. The number of carbonyl (C=O) groups is 1. The van der Waals surface area contributed by atoms with Crippen molar-refractivity contribution in [3.05, 3.63) is 22.6 Å². The molecule has 0 bridgehead atoms. The van der Waals surface area contributed by atoms with Gasteiger partial charge >= 0.3 is 5.97 Å². The van der Waals surface area contributed by atoms with Crippen LogP contribution in [0.2, 0.25) is 0 Å². The SMILES string of the molecule is CCCN(CC(=O)O)Cc1occc1Br. The fraction of sp³-hybridized carbons (Fsp3) is 0.500. The fourth-order valence-electron chi connectivity index (χ4n) is 1.36. The quantitative estimate of drug-likeness (QED) is 0.866. The normalized spacial score (nSPS) is 10.9. The van der Waals surface area contributed by atoms with Crippen LogP contribution in [0, 0.1) is 0 Å². The zero-order chi connectivity index (χ0) is 11.3. The second-order valence-electron chi connectivity index (χ2n) is 3.30. The molecule has 0 fully saturated rings. The number of carboxylic acids is 1. The maximum absolute atomic E-state index is 10.6. The van der Waals surface area contributed by atoms with Crippen molar-refractivity contribution >= 4 is 21.9 Å². The first-order valence-electron chi connectivity index (χ1n) is 4.79. The molecule has 0 aliphatic rings. The molecule has 0 aliphatic heterocycles. The number of hydrogen-bond donors (Lipinski definition) is 1. The van der Waals surface area contributed by atoms with E-state index in [4.69, 9.17) is 9.52 Å². The minimum atomic E-state index is -0.814. The van der Waals surface area contributed by atoms with Crippen molar-refractivity contribution in [3.63, 3.8) is 0 Å². The van der Waals surface area contributed by atoms with Gasteiger partial charge in [0.25, 0.3) is 0 Å². The highest BCUT2D eigenvalue weighted by atomic mass is 79.9. The van der Waals surface area contributed by atoms with Gasteiger partial charge in [0.15, 0.2) is 0 Å². The summed E-state index contributed by atoms with van der Waals surface area (Å²) in [5.74, 6) is -0.0455. The van der Waals surface area contributed by atoms with Gasteiger partial charge < -0.3 is 9.52 Å². The van der Waals surface area contributed by atoms with E-state index in [9.17, 15) is 4.79 Å². The summed E-state index contributed by atoms with van der Waals surface area (Å²) in [4.78, 5) is 12.5. The first-order chi connectivity index (χ1) is 7.13. The average Bonchev–Trinajstić information content (AvgIpc) is 2.51. The monoisotopic (exact) mass is 275 g/mol. The van der Waals surface area contributed by atoms with Crippen LogP contribution < -0.4 is 0 Å². The van der Waals surface area contributed by atoms with Crippen molar-refractivity contribution in [1.29, 1.82) is 0 Å². The molecule has 1 heterocycles. The van der Waals surface area contributed by atoms with Crippen molar-refractivity contribution in [1.82, 2.24) is 4.90 Å². The van der Waals surface area contributed by atoms with Gasteiger partial charge in [-0.05, 0) is 35.0 Å². The summed E-state index contributed by atoms with van der Waals surface area (Å²) in [6.07, 6.45) is 2.51. The number of furan rings is 1. The lowest BCUT2D eigenvalue weighted by atomic mass is 10.3. The molecule has 4 nitrogen and oxygen atoms in total. The summed E-state index contributed by atoms with van der Waals surface area (Å²) in [6, 6.07) is 1.81. The van der Waals surface area contributed by atoms with E-state index >= 15 is 0 Å². The van der Waals surface area contributed by atoms with Crippen LogP contribution in [0.1, 0.15) is 19.1 Å². The van der Waals surface area contributed by atoms with Gasteiger partial charge in [0.05, 0.1) is 23.8 Å². The fourth-order valence-corrected chi connectivity index (χ4v) is 1.69. The van der Waals surface area contributed by atoms with Gasteiger partial charge in [-0.1, -0.05) is 6.92 Å². The number of aliphatic carboxylic acids is 1. The molecule has 84 valence electrons. The Balaban J connectivity index is 2.58. The maximum atomic E-state index is 10.6. The van der Waals surface area contributed by atoms with Crippen LogP contribution in [-0.4, -0.2) is 29.1 Å². The highest BCUT2D eigenvalue weighted by molar-refractivity contribution is 9.10. The van der Waals surface area contributed by atoms with Crippen molar-refractivity contribution < 1.29 is 14.3 Å². The predicted octanol–water partition coefficient (Wildman–Crippen LogP) is 2.34. The maximum Gasteiger partial charge on any atom is 0.317 e. The van der Waals surface area contributed by atoms with E-state index in [0.717, 1.165) is 23.2 Å². The molecule has 0 aliphatic carbocycles. The van der Waals surface area contributed by atoms with Crippen LogP contribution in [-0.2, 0) is 11.3 Å². The highest BCUT2D eigenvalue weighted by Crippen LogP contribution is 2.19. The van der Waals surface area contributed by atoms with Crippen LogP contribution >= 0.6 is 15.9 Å². The summed E-state index contributed by atoms with van der Waals surface area (Å²) >= 11 is 3.34. The molecule has 0 spiro atoms. The minimum Gasteiger partial charge on any atom is -0.480 e. The lowest BCUT2D eigenvalue weighted by molar-refractivity contribution is -0.138. The summed E-state index contributed by atoms with van der Waals surface area (Å²) in [5.41, 5.74) is 0. The largest absolute Gasteiger partial charge is 0.480 e. The predicted molar refractivity (Wildman–Crippen MR) is 59.6 cm³/mol. The smallest absolute Gasteiger partial charge is 0.317 e. The summed E-state index contributed by atoms with van der Waals surface area (Å²) < 4.78 is 6.12. The zero-order valence-electron chi connectivity index (χ0n) is 8.57. The summed E-state index contributed by atoms with van der Waals surface area (Å²) in [6.45, 7) is 3.33. The van der Waals surface area contributed by atoms with Crippen molar-refractivity contribution in [2.24, 2.45) is 0 Å². The van der Waals surface area contributed by atoms with Gasteiger partial charge in [0.2, 0.25) is 0 Å². The van der Waals surface area contributed by atoms with Crippen LogP contribution in [0.4, 0.5) is 0 Å². The molecule has 1 aromatic heterocycles. The second kappa shape index (κ2) is 5.92. The molecule has 0 amide bonds. The molecule has 1 aromatic rings. The first-order valence-corrected chi connectivity index (χ1v) is 5.58. The van der Waals surface area contributed by atoms with Gasteiger partial charge in [-0.3, -0.25) is 9.69 Å². The number of halogens is 1. The van der Waals surface area contributed by atoms with Gasteiger partial charge in [0.1, 0.15) is 5.76 Å². The molecule has 1 rings (SSSR count). The van der Waals surface area contributed by atoms with E-state index in [-0.39, 0.29) is 6.54 Å². The minimum absolute atomic E-state index is 0.0426. The number of carboxylic acid groups (broad SMARTS) is 1. The Morgan fingerprint density at radius 1 is 1.67 bits per heavy atom. The Labute approximate surface area is 97.0 Å². The third-order valence-electron chi connectivity index (χ3n) is 1.96. The molecule has 5 heteroatoms. The van der Waals surface area contributed by atoms with Crippen LogP contribution in [0.15, 0.2) is 21.2 Å². The van der Waals surface area contributed by atoms with Crippen LogP contribution in [0.5, 0.6) is 0 Å². The average molecular weight is 276 g/mol. The van der Waals surface area contributed by atoms with Gasteiger partial charge in [-0.2, -0.15) is 0 Å². The van der Waals surface area contributed by atoms with E-state index in [1.807, 2.05) is 11.8 Å².